The molecular formula is C15H21NO4. The van der Waals surface area contributed by atoms with Gasteiger partial charge in [0.05, 0.1) is 0 Å². The number of aryl methyl sites for hydroxylation is 1. The minimum atomic E-state index is -1.17. The molecule has 20 heavy (non-hydrogen) atoms. The molecule has 2 unspecified atom stereocenters. The lowest BCUT2D eigenvalue weighted by Crippen LogP contribution is -2.59. The van der Waals surface area contributed by atoms with Crippen molar-refractivity contribution in [3.05, 3.63) is 23.7 Å². The summed E-state index contributed by atoms with van der Waals surface area (Å²) >= 11 is 0. The van der Waals surface area contributed by atoms with Crippen LogP contribution >= 0.6 is 0 Å². The quantitative estimate of drug-likeness (QED) is 0.887. The molecule has 1 aliphatic rings. The second-order valence-electron chi connectivity index (χ2n) is 5.50. The molecule has 1 aromatic heterocycles. The molecule has 0 saturated heterocycles. The molecule has 110 valence electrons. The molecule has 5 nitrogen and oxygen atoms in total. The normalized spacial score (nSPS) is 26.2. The Hall–Kier alpha value is -1.78. The van der Waals surface area contributed by atoms with E-state index in [4.69, 9.17) is 4.42 Å². The van der Waals surface area contributed by atoms with Crippen LogP contribution in [0.5, 0.6) is 0 Å². The number of carbonyl (C=O) groups excluding carboxylic acids is 1. The smallest absolute Gasteiger partial charge is 0.329 e. The van der Waals surface area contributed by atoms with Crippen LogP contribution in [0.2, 0.25) is 0 Å². The van der Waals surface area contributed by atoms with E-state index in [-0.39, 0.29) is 11.7 Å². The highest BCUT2D eigenvalue weighted by atomic mass is 16.4. The average Bonchev–Trinajstić information content (AvgIpc) is 2.90. The van der Waals surface area contributed by atoms with Gasteiger partial charge in [0.25, 0.3) is 5.91 Å². The number of carboxylic acid groups (broad SMARTS) is 1. The van der Waals surface area contributed by atoms with E-state index in [1.807, 2.05) is 13.8 Å². The summed E-state index contributed by atoms with van der Waals surface area (Å²) in [5, 5.41) is 12.3. The maximum absolute atomic E-state index is 12.2. The van der Waals surface area contributed by atoms with Gasteiger partial charge in [-0.2, -0.15) is 0 Å². The van der Waals surface area contributed by atoms with Gasteiger partial charge >= 0.3 is 5.97 Å². The molecule has 0 bridgehead atoms. The molecule has 1 amide bonds. The largest absolute Gasteiger partial charge is 0.479 e. The Bertz CT molecular complexity index is 508. The predicted molar refractivity (Wildman–Crippen MR) is 73.6 cm³/mol. The van der Waals surface area contributed by atoms with E-state index in [2.05, 4.69) is 5.32 Å². The minimum Gasteiger partial charge on any atom is -0.479 e. The van der Waals surface area contributed by atoms with Crippen LogP contribution in [0.3, 0.4) is 0 Å². The van der Waals surface area contributed by atoms with Crippen LogP contribution in [0.15, 0.2) is 16.5 Å². The van der Waals surface area contributed by atoms with Crippen LogP contribution in [-0.4, -0.2) is 22.5 Å². The third kappa shape index (κ3) is 2.57. The fourth-order valence-corrected chi connectivity index (χ4v) is 2.86. The molecule has 1 heterocycles. The highest BCUT2D eigenvalue weighted by Crippen LogP contribution is 2.34. The maximum atomic E-state index is 12.2. The fourth-order valence-electron chi connectivity index (χ4n) is 2.86. The summed E-state index contributed by atoms with van der Waals surface area (Å²) in [4.78, 5) is 23.9. The molecule has 0 aromatic carbocycles. The number of carbonyl (C=O) groups is 2. The average molecular weight is 279 g/mol. The summed E-state index contributed by atoms with van der Waals surface area (Å²) in [6, 6.07) is 3.34. The highest BCUT2D eigenvalue weighted by Gasteiger charge is 2.46. The number of aliphatic carboxylic acids is 1. The first-order chi connectivity index (χ1) is 9.49. The Morgan fingerprint density at radius 2 is 2.20 bits per heavy atom. The van der Waals surface area contributed by atoms with Crippen LogP contribution < -0.4 is 5.32 Å². The number of carboxylic acids is 1. The Morgan fingerprint density at radius 1 is 1.45 bits per heavy atom. The van der Waals surface area contributed by atoms with Gasteiger partial charge in [0.15, 0.2) is 5.76 Å². The standard InChI is InChI=1S/C15H21NO4/c1-3-11-7-8-12(20-11)13(17)16-15(14(18)19)9-5-4-6-10(15)2/h7-8,10H,3-6,9H2,1-2H3,(H,16,17)(H,18,19). The first-order valence-electron chi connectivity index (χ1n) is 7.14. The molecule has 1 saturated carbocycles. The first-order valence-corrected chi connectivity index (χ1v) is 7.14. The van der Waals surface area contributed by atoms with Gasteiger partial charge in [-0.15, -0.1) is 0 Å². The van der Waals surface area contributed by atoms with E-state index in [1.54, 1.807) is 12.1 Å². The lowest BCUT2D eigenvalue weighted by atomic mass is 9.73. The monoisotopic (exact) mass is 279 g/mol. The van der Waals surface area contributed by atoms with E-state index in [9.17, 15) is 14.7 Å². The minimum absolute atomic E-state index is 0.0849. The topological polar surface area (TPSA) is 79.5 Å². The van der Waals surface area contributed by atoms with E-state index in [0.717, 1.165) is 25.0 Å². The molecule has 0 aliphatic heterocycles. The van der Waals surface area contributed by atoms with Gasteiger partial charge in [-0.3, -0.25) is 4.79 Å². The van der Waals surface area contributed by atoms with Crippen molar-refractivity contribution in [2.75, 3.05) is 0 Å². The van der Waals surface area contributed by atoms with E-state index < -0.39 is 17.4 Å². The number of nitrogens with one attached hydrogen (secondary N) is 1. The number of hydrogen-bond donors (Lipinski definition) is 2. The van der Waals surface area contributed by atoms with Crippen molar-refractivity contribution < 1.29 is 19.1 Å². The molecule has 2 rings (SSSR count). The van der Waals surface area contributed by atoms with Gasteiger partial charge < -0.3 is 14.8 Å². The predicted octanol–water partition coefficient (Wildman–Crippen LogP) is 2.61. The van der Waals surface area contributed by atoms with Gasteiger partial charge in [-0.25, -0.2) is 4.79 Å². The van der Waals surface area contributed by atoms with Crippen molar-refractivity contribution in [3.63, 3.8) is 0 Å². The highest BCUT2D eigenvalue weighted by molar-refractivity contribution is 5.96. The summed E-state index contributed by atoms with van der Waals surface area (Å²) in [5.41, 5.74) is -1.17. The van der Waals surface area contributed by atoms with Gasteiger partial charge in [0.1, 0.15) is 11.3 Å². The van der Waals surface area contributed by atoms with Crippen molar-refractivity contribution in [1.82, 2.24) is 5.32 Å². The molecule has 0 spiro atoms. The Kier molecular flexibility index (Phi) is 4.16. The zero-order chi connectivity index (χ0) is 14.8. The summed E-state index contributed by atoms with van der Waals surface area (Å²) in [6.45, 7) is 3.82. The Labute approximate surface area is 118 Å². The maximum Gasteiger partial charge on any atom is 0.329 e. The third-order valence-corrected chi connectivity index (χ3v) is 4.25. The van der Waals surface area contributed by atoms with Crippen molar-refractivity contribution in [2.24, 2.45) is 5.92 Å². The molecule has 2 N–H and O–H groups in total. The number of amides is 1. The number of furan rings is 1. The summed E-state index contributed by atoms with van der Waals surface area (Å²) in [7, 11) is 0. The zero-order valence-corrected chi connectivity index (χ0v) is 11.9. The Morgan fingerprint density at radius 3 is 2.75 bits per heavy atom. The summed E-state index contributed by atoms with van der Waals surface area (Å²) in [6.07, 6.45) is 3.80. The molecule has 2 atom stereocenters. The second-order valence-corrected chi connectivity index (χ2v) is 5.50. The molecule has 1 aliphatic carbocycles. The summed E-state index contributed by atoms with van der Waals surface area (Å²) < 4.78 is 5.39. The van der Waals surface area contributed by atoms with Gasteiger partial charge in [-0.1, -0.05) is 26.7 Å². The number of rotatable bonds is 4. The SMILES string of the molecule is CCc1ccc(C(=O)NC2(C(=O)O)CCCCC2C)o1. The molecule has 0 radical (unpaired) electrons. The van der Waals surface area contributed by atoms with Gasteiger partial charge in [0, 0.05) is 6.42 Å². The van der Waals surface area contributed by atoms with Crippen LogP contribution in [-0.2, 0) is 11.2 Å². The second kappa shape index (κ2) is 5.69. The summed E-state index contributed by atoms with van der Waals surface area (Å²) in [5.74, 6) is -0.587. The van der Waals surface area contributed by atoms with Crippen molar-refractivity contribution in [1.29, 1.82) is 0 Å². The molecule has 5 heteroatoms. The van der Waals surface area contributed by atoms with E-state index in [1.165, 1.54) is 0 Å². The Balaban J connectivity index is 2.19. The lowest BCUT2D eigenvalue weighted by Gasteiger charge is -2.39. The van der Waals surface area contributed by atoms with Crippen LogP contribution in [0.4, 0.5) is 0 Å². The number of hydrogen-bond acceptors (Lipinski definition) is 3. The van der Waals surface area contributed by atoms with Gasteiger partial charge in [-0.05, 0) is 30.9 Å². The van der Waals surface area contributed by atoms with Crippen LogP contribution in [0.25, 0.3) is 0 Å². The lowest BCUT2D eigenvalue weighted by molar-refractivity contribution is -0.148. The van der Waals surface area contributed by atoms with Gasteiger partial charge in [0.2, 0.25) is 0 Å². The van der Waals surface area contributed by atoms with Crippen molar-refractivity contribution in [3.8, 4) is 0 Å². The fraction of sp³-hybridized carbons (Fsp3) is 0.600. The van der Waals surface area contributed by atoms with Crippen LogP contribution in [0, 0.1) is 5.92 Å². The molecule has 1 fully saturated rings. The third-order valence-electron chi connectivity index (χ3n) is 4.25. The first kappa shape index (κ1) is 14.6. The van der Waals surface area contributed by atoms with E-state index >= 15 is 0 Å². The van der Waals surface area contributed by atoms with E-state index in [0.29, 0.717) is 12.8 Å². The molecule has 1 aromatic rings. The van der Waals surface area contributed by atoms with Crippen molar-refractivity contribution >= 4 is 11.9 Å². The zero-order valence-electron chi connectivity index (χ0n) is 11.9. The van der Waals surface area contributed by atoms with Crippen molar-refractivity contribution in [2.45, 2.75) is 51.5 Å². The van der Waals surface area contributed by atoms with Crippen LogP contribution in [0.1, 0.15) is 55.8 Å². The molecular weight excluding hydrogens is 258 g/mol.